The summed E-state index contributed by atoms with van der Waals surface area (Å²) in [5, 5.41) is 7.65. The molecule has 30 heavy (non-hydrogen) atoms. The molecule has 1 aromatic carbocycles. The van der Waals surface area contributed by atoms with Crippen molar-refractivity contribution < 1.29 is 10.6 Å². The summed E-state index contributed by atoms with van der Waals surface area (Å²) in [6, 6.07) is 8.36. The van der Waals surface area contributed by atoms with Gasteiger partial charge in [-0.3, -0.25) is 9.88 Å². The van der Waals surface area contributed by atoms with Crippen LogP contribution in [0.4, 0.5) is 21.7 Å². The summed E-state index contributed by atoms with van der Waals surface area (Å²) in [4.78, 5) is 13.1. The molecule has 0 unspecified atom stereocenters. The molecule has 2 aliphatic rings. The van der Waals surface area contributed by atoms with Crippen LogP contribution in [0.25, 0.3) is 5.69 Å². The molecule has 9 heteroatoms. The van der Waals surface area contributed by atoms with Crippen molar-refractivity contribution >= 4 is 17.3 Å². The maximum atomic E-state index is 13.4. The molecule has 0 bridgehead atoms. The fourth-order valence-electron chi connectivity index (χ4n) is 3.90. The normalized spacial score (nSPS) is 17.7. The Morgan fingerprint density at radius 1 is 1.07 bits per heavy atom. The first kappa shape index (κ1) is 19.0. The fourth-order valence-corrected chi connectivity index (χ4v) is 3.90. The number of pyridine rings is 1. The predicted molar refractivity (Wildman–Crippen MR) is 114 cm³/mol. The summed E-state index contributed by atoms with van der Waals surface area (Å²) in [5.41, 5.74) is 3.81. The Morgan fingerprint density at radius 2 is 1.90 bits per heavy atom. The number of ether oxygens (including phenoxy) is 1. The second-order valence-corrected chi connectivity index (χ2v) is 7.77. The van der Waals surface area contributed by atoms with Crippen LogP contribution in [-0.4, -0.2) is 70.1 Å². The molecule has 2 aromatic heterocycles. The standard InChI is InChI=1S/C21H24FN7O.H2/c1-15-6-17(25-21-24-14-29(26-21)19-8-16(22)10-23-11-19)9-18(7-15)27-2-4-28(5-3-27)20-12-30-13-20;/h6-11,14,20H,2-5,12-13H2,1H3,(H,25,26);1H. The number of hydrogen-bond donors (Lipinski definition) is 1. The van der Waals surface area contributed by atoms with E-state index in [1.807, 2.05) is 0 Å². The minimum atomic E-state index is -0.411. The lowest BCUT2D eigenvalue weighted by atomic mass is 10.1. The van der Waals surface area contributed by atoms with E-state index in [4.69, 9.17) is 4.74 Å². The van der Waals surface area contributed by atoms with Crippen molar-refractivity contribution in [1.82, 2.24) is 24.6 Å². The van der Waals surface area contributed by atoms with Crippen molar-refractivity contribution in [1.29, 1.82) is 0 Å². The predicted octanol–water partition coefficient (Wildman–Crippen LogP) is 2.62. The van der Waals surface area contributed by atoms with Gasteiger partial charge in [0.15, 0.2) is 0 Å². The van der Waals surface area contributed by atoms with Gasteiger partial charge in [0.25, 0.3) is 0 Å². The third-order valence-electron chi connectivity index (χ3n) is 5.58. The molecule has 3 aromatic rings. The van der Waals surface area contributed by atoms with Crippen LogP contribution in [0, 0.1) is 12.7 Å². The molecule has 8 nitrogen and oxygen atoms in total. The summed E-state index contributed by atoms with van der Waals surface area (Å²) in [6.07, 6.45) is 4.24. The van der Waals surface area contributed by atoms with E-state index in [0.29, 0.717) is 17.7 Å². The van der Waals surface area contributed by atoms with Crippen molar-refractivity contribution in [3.8, 4) is 5.69 Å². The molecule has 1 N–H and O–H groups in total. The number of nitrogens with zero attached hydrogens (tertiary/aromatic N) is 6. The Hall–Kier alpha value is -3.04. The maximum Gasteiger partial charge on any atom is 0.246 e. The largest absolute Gasteiger partial charge is 0.378 e. The number of nitrogens with one attached hydrogen (secondary N) is 1. The average molecular weight is 411 g/mol. The smallest absolute Gasteiger partial charge is 0.246 e. The highest BCUT2D eigenvalue weighted by Gasteiger charge is 2.29. The topological polar surface area (TPSA) is 71.3 Å². The molecule has 0 aliphatic carbocycles. The van der Waals surface area contributed by atoms with Crippen LogP contribution in [0.1, 0.15) is 6.99 Å². The molecule has 0 atom stereocenters. The SMILES string of the molecule is Cc1cc(Nc2ncn(-c3cncc(F)c3)n2)cc(N2CCN(C3COC3)CC2)c1.[HH]. The molecule has 2 fully saturated rings. The molecule has 5 rings (SSSR count). The quantitative estimate of drug-likeness (QED) is 0.692. The van der Waals surface area contributed by atoms with Crippen LogP contribution in [-0.2, 0) is 4.74 Å². The minimum Gasteiger partial charge on any atom is -0.378 e. The lowest BCUT2D eigenvalue weighted by Gasteiger charge is -2.43. The van der Waals surface area contributed by atoms with Gasteiger partial charge < -0.3 is 15.0 Å². The van der Waals surface area contributed by atoms with E-state index >= 15 is 0 Å². The zero-order chi connectivity index (χ0) is 20.5. The molecule has 0 radical (unpaired) electrons. The third-order valence-corrected chi connectivity index (χ3v) is 5.58. The molecule has 0 spiro atoms. The van der Waals surface area contributed by atoms with Crippen molar-refractivity contribution in [3.05, 3.63) is 54.4 Å². The Bertz CT molecular complexity index is 1030. The highest BCUT2D eigenvalue weighted by molar-refractivity contribution is 5.64. The summed E-state index contributed by atoms with van der Waals surface area (Å²) in [6.45, 7) is 7.92. The first-order valence-corrected chi connectivity index (χ1v) is 10.1. The maximum absolute atomic E-state index is 13.4. The first-order valence-electron chi connectivity index (χ1n) is 10.1. The highest BCUT2D eigenvalue weighted by atomic mass is 19.1. The summed E-state index contributed by atoms with van der Waals surface area (Å²) in [7, 11) is 0. The molecular formula is C21H26FN7O. The van der Waals surface area contributed by atoms with Gasteiger partial charge in [-0.2, -0.15) is 4.98 Å². The average Bonchev–Trinajstić information content (AvgIpc) is 3.15. The fraction of sp³-hybridized carbons (Fsp3) is 0.381. The van der Waals surface area contributed by atoms with E-state index in [1.54, 1.807) is 12.5 Å². The summed E-state index contributed by atoms with van der Waals surface area (Å²) in [5.74, 6) is 0.0383. The Balaban J connectivity index is 0.00000231. The van der Waals surface area contributed by atoms with Crippen LogP contribution in [0.5, 0.6) is 0 Å². The van der Waals surface area contributed by atoms with Crippen LogP contribution in [0.15, 0.2) is 43.0 Å². The van der Waals surface area contributed by atoms with Crippen LogP contribution < -0.4 is 10.2 Å². The van der Waals surface area contributed by atoms with Gasteiger partial charge in [-0.15, -0.1) is 5.10 Å². The van der Waals surface area contributed by atoms with Gasteiger partial charge >= 0.3 is 0 Å². The van der Waals surface area contributed by atoms with Crippen molar-refractivity contribution in [2.24, 2.45) is 0 Å². The Kier molecular flexibility index (Phi) is 5.06. The molecular weight excluding hydrogens is 385 g/mol. The molecule has 2 aliphatic heterocycles. The molecule has 0 amide bonds. The number of aromatic nitrogens is 4. The monoisotopic (exact) mass is 411 g/mol. The first-order chi connectivity index (χ1) is 14.6. The van der Waals surface area contributed by atoms with E-state index in [-0.39, 0.29) is 1.43 Å². The van der Waals surface area contributed by atoms with Gasteiger partial charge in [0.1, 0.15) is 12.1 Å². The zero-order valence-electron chi connectivity index (χ0n) is 16.8. The Labute approximate surface area is 175 Å². The van der Waals surface area contributed by atoms with Gasteiger partial charge in [0.2, 0.25) is 5.95 Å². The number of benzene rings is 1. The van der Waals surface area contributed by atoms with Crippen molar-refractivity contribution in [2.75, 3.05) is 49.6 Å². The lowest BCUT2D eigenvalue weighted by molar-refractivity contribution is -0.0660. The number of aryl methyl sites for hydroxylation is 1. The second kappa shape index (κ2) is 8.00. The van der Waals surface area contributed by atoms with Crippen LogP contribution in [0.2, 0.25) is 0 Å². The number of rotatable bonds is 5. The molecule has 0 saturated carbocycles. The number of piperazine rings is 1. The molecule has 158 valence electrons. The lowest BCUT2D eigenvalue weighted by Crippen LogP contribution is -2.56. The van der Waals surface area contributed by atoms with Crippen LogP contribution in [0.3, 0.4) is 0 Å². The summed E-state index contributed by atoms with van der Waals surface area (Å²) < 4.78 is 20.2. The van der Waals surface area contributed by atoms with E-state index in [1.165, 1.54) is 22.0 Å². The van der Waals surface area contributed by atoms with Gasteiger partial charge in [-0.1, -0.05) is 0 Å². The van der Waals surface area contributed by atoms with Gasteiger partial charge in [0.05, 0.1) is 37.3 Å². The van der Waals surface area contributed by atoms with E-state index in [0.717, 1.165) is 51.3 Å². The van der Waals surface area contributed by atoms with Gasteiger partial charge in [0, 0.05) is 45.0 Å². The number of halogens is 1. The number of anilines is 3. The Morgan fingerprint density at radius 3 is 2.63 bits per heavy atom. The molecule has 2 saturated heterocycles. The third kappa shape index (κ3) is 3.99. The zero-order valence-corrected chi connectivity index (χ0v) is 16.8. The minimum absolute atomic E-state index is 0. The van der Waals surface area contributed by atoms with Crippen molar-refractivity contribution in [3.63, 3.8) is 0 Å². The highest BCUT2D eigenvalue weighted by Crippen LogP contribution is 2.26. The molecule has 4 heterocycles. The van der Waals surface area contributed by atoms with E-state index < -0.39 is 5.82 Å². The van der Waals surface area contributed by atoms with Gasteiger partial charge in [-0.25, -0.2) is 9.07 Å². The van der Waals surface area contributed by atoms with E-state index in [2.05, 4.69) is 55.3 Å². The van der Waals surface area contributed by atoms with Gasteiger partial charge in [-0.05, 0) is 30.7 Å². The van der Waals surface area contributed by atoms with E-state index in [9.17, 15) is 4.39 Å². The summed E-state index contributed by atoms with van der Waals surface area (Å²) >= 11 is 0. The van der Waals surface area contributed by atoms with Crippen molar-refractivity contribution in [2.45, 2.75) is 13.0 Å². The second-order valence-electron chi connectivity index (χ2n) is 7.77. The van der Waals surface area contributed by atoms with Crippen LogP contribution >= 0.6 is 0 Å². The number of hydrogen-bond acceptors (Lipinski definition) is 7.